The van der Waals surface area contributed by atoms with Crippen molar-refractivity contribution in [2.45, 2.75) is 0 Å². The van der Waals surface area contributed by atoms with E-state index < -0.39 is 0 Å². The van der Waals surface area contributed by atoms with E-state index in [1.165, 1.54) is 152 Å². The summed E-state index contributed by atoms with van der Waals surface area (Å²) in [4.78, 5) is 0. The van der Waals surface area contributed by atoms with Crippen LogP contribution < -0.4 is 0 Å². The predicted molar refractivity (Wildman–Crippen MR) is 303 cm³/mol. The number of rotatable bonds is 4. The molecule has 15 aromatic rings. The SMILES string of the molecule is c1ccc2c(-c3ccc4c5ccccc5c5ccccc5c4c3)c3ccccc3c(-c3ccc(-c4c5ccccc5c(-c5ccc6c7ccccc7c7ccccc7c6c5)c5ccccc45)cc3)c2c1. The number of hydrogen-bond acceptors (Lipinski definition) is 0. The third kappa shape index (κ3) is 5.65. The van der Waals surface area contributed by atoms with Crippen molar-refractivity contribution in [2.24, 2.45) is 0 Å². The Morgan fingerprint density at radius 2 is 0.271 bits per heavy atom. The summed E-state index contributed by atoms with van der Waals surface area (Å²) in [7, 11) is 0. The van der Waals surface area contributed by atoms with Crippen molar-refractivity contribution in [3.8, 4) is 44.5 Å². The maximum Gasteiger partial charge on any atom is -0.00261 e. The average Bonchev–Trinajstić information content (AvgIpc) is 3.44. The Morgan fingerprint density at radius 3 is 0.500 bits per heavy atom. The van der Waals surface area contributed by atoms with Gasteiger partial charge in [-0.25, -0.2) is 0 Å². The third-order valence-corrected chi connectivity index (χ3v) is 15.4. The van der Waals surface area contributed by atoms with E-state index in [0.717, 1.165) is 0 Å². The summed E-state index contributed by atoms with van der Waals surface area (Å²) < 4.78 is 0. The summed E-state index contributed by atoms with van der Waals surface area (Å²) in [5.74, 6) is 0. The Morgan fingerprint density at radius 1 is 0.114 bits per heavy atom. The fourth-order valence-electron chi connectivity index (χ4n) is 12.4. The lowest BCUT2D eigenvalue weighted by atomic mass is 9.83. The highest BCUT2D eigenvalue weighted by atomic mass is 14.2. The molecule has 0 saturated carbocycles. The predicted octanol–water partition coefficient (Wildman–Crippen LogP) is 19.9. The van der Waals surface area contributed by atoms with Crippen LogP contribution in [-0.4, -0.2) is 0 Å². The van der Waals surface area contributed by atoms with E-state index in [9.17, 15) is 0 Å². The standard InChI is InChI=1S/C70H42/c1-3-21-51-47(17-1)49-19-5-7-23-53(49)65-41-45(37-39-55(51)65)69-61-29-13-9-25-57(61)67(58-26-10-14-30-62(58)69)43-33-35-44(36-34-43)68-59-27-11-15-31-63(59)70(64-32-16-12-28-60(64)68)46-38-40-56-52-22-4-2-18-48(52)50-20-6-8-24-54(50)66(56)42-46/h1-42H. The Balaban J connectivity index is 0.907. The molecule has 0 unspecified atom stereocenters. The van der Waals surface area contributed by atoms with Gasteiger partial charge >= 0.3 is 0 Å². The Bertz CT molecular complexity index is 4200. The van der Waals surface area contributed by atoms with Crippen molar-refractivity contribution in [3.05, 3.63) is 255 Å². The first kappa shape index (κ1) is 38.9. The second-order valence-corrected chi connectivity index (χ2v) is 19.0. The van der Waals surface area contributed by atoms with E-state index in [0.29, 0.717) is 0 Å². The highest BCUT2D eigenvalue weighted by Crippen LogP contribution is 2.48. The molecule has 0 heteroatoms. The molecular weight excluding hydrogens is 841 g/mol. The Hall–Kier alpha value is -9.10. The molecule has 0 aromatic heterocycles. The molecule has 0 N–H and O–H groups in total. The molecule has 0 amide bonds. The van der Waals surface area contributed by atoms with E-state index in [1.807, 2.05) is 0 Å². The Kier molecular flexibility index (Phi) is 8.46. The fraction of sp³-hybridized carbons (Fsp3) is 0. The molecule has 0 bridgehead atoms. The molecular formula is C70H42. The van der Waals surface area contributed by atoms with Crippen LogP contribution in [0.15, 0.2) is 255 Å². The quantitative estimate of drug-likeness (QED) is 0.122. The summed E-state index contributed by atoms with van der Waals surface area (Å²) in [6.07, 6.45) is 0. The van der Waals surface area contributed by atoms with E-state index >= 15 is 0 Å². The molecule has 0 saturated heterocycles. The van der Waals surface area contributed by atoms with E-state index in [2.05, 4.69) is 255 Å². The first-order valence-electron chi connectivity index (χ1n) is 24.4. The largest absolute Gasteiger partial charge is 0.0616 e. The number of hydrogen-bond donors (Lipinski definition) is 0. The minimum Gasteiger partial charge on any atom is -0.0616 e. The Labute approximate surface area is 404 Å². The molecule has 0 aliphatic heterocycles. The molecule has 0 heterocycles. The van der Waals surface area contributed by atoms with Gasteiger partial charge < -0.3 is 0 Å². The van der Waals surface area contributed by atoms with Crippen LogP contribution in [0.1, 0.15) is 0 Å². The van der Waals surface area contributed by atoms with Gasteiger partial charge in [-0.1, -0.05) is 243 Å². The zero-order valence-electron chi connectivity index (χ0n) is 38.2. The van der Waals surface area contributed by atoms with Gasteiger partial charge in [-0.05, 0) is 164 Å². The lowest BCUT2D eigenvalue weighted by Gasteiger charge is -2.20. The van der Waals surface area contributed by atoms with Crippen LogP contribution in [0.25, 0.3) is 152 Å². The van der Waals surface area contributed by atoms with Gasteiger partial charge in [0.1, 0.15) is 0 Å². The minimum absolute atomic E-state index is 1.21. The van der Waals surface area contributed by atoms with Gasteiger partial charge in [-0.15, -0.1) is 0 Å². The maximum atomic E-state index is 2.44. The monoisotopic (exact) mass is 882 g/mol. The van der Waals surface area contributed by atoms with Gasteiger partial charge in [0.05, 0.1) is 0 Å². The van der Waals surface area contributed by atoms with Crippen LogP contribution >= 0.6 is 0 Å². The molecule has 15 rings (SSSR count). The van der Waals surface area contributed by atoms with Gasteiger partial charge in [0.2, 0.25) is 0 Å². The molecule has 70 heavy (non-hydrogen) atoms. The summed E-state index contributed by atoms with van der Waals surface area (Å²) in [5, 5.41) is 25.5. The van der Waals surface area contributed by atoms with Crippen LogP contribution in [-0.2, 0) is 0 Å². The first-order valence-corrected chi connectivity index (χ1v) is 24.4. The third-order valence-electron chi connectivity index (χ3n) is 15.4. The molecule has 322 valence electrons. The maximum absolute atomic E-state index is 2.44. The van der Waals surface area contributed by atoms with Gasteiger partial charge in [-0.2, -0.15) is 0 Å². The molecule has 0 atom stereocenters. The van der Waals surface area contributed by atoms with Gasteiger partial charge in [0.15, 0.2) is 0 Å². The molecule has 0 fully saturated rings. The molecule has 15 aromatic carbocycles. The van der Waals surface area contributed by atoms with E-state index in [-0.39, 0.29) is 0 Å². The van der Waals surface area contributed by atoms with E-state index in [1.54, 1.807) is 0 Å². The summed E-state index contributed by atoms with van der Waals surface area (Å²) in [5.41, 5.74) is 9.96. The van der Waals surface area contributed by atoms with Crippen molar-refractivity contribution in [2.75, 3.05) is 0 Å². The van der Waals surface area contributed by atoms with Crippen LogP contribution in [0.3, 0.4) is 0 Å². The molecule has 0 nitrogen and oxygen atoms in total. The van der Waals surface area contributed by atoms with Crippen molar-refractivity contribution in [3.63, 3.8) is 0 Å². The molecule has 0 radical (unpaired) electrons. The lowest BCUT2D eigenvalue weighted by molar-refractivity contribution is 1.64. The summed E-state index contributed by atoms with van der Waals surface area (Å²) in [6, 6.07) is 95.2. The highest BCUT2D eigenvalue weighted by Gasteiger charge is 2.21. The zero-order valence-corrected chi connectivity index (χ0v) is 38.2. The summed E-state index contributed by atoms with van der Waals surface area (Å²) >= 11 is 0. The minimum atomic E-state index is 1.21. The zero-order chi connectivity index (χ0) is 45.9. The van der Waals surface area contributed by atoms with Crippen LogP contribution in [0.2, 0.25) is 0 Å². The fourth-order valence-corrected chi connectivity index (χ4v) is 12.4. The molecule has 0 aliphatic carbocycles. The van der Waals surface area contributed by atoms with Crippen molar-refractivity contribution >= 4 is 108 Å². The van der Waals surface area contributed by atoms with E-state index in [4.69, 9.17) is 0 Å². The average molecular weight is 883 g/mol. The van der Waals surface area contributed by atoms with Crippen LogP contribution in [0.5, 0.6) is 0 Å². The molecule has 0 spiro atoms. The van der Waals surface area contributed by atoms with Crippen molar-refractivity contribution in [1.82, 2.24) is 0 Å². The van der Waals surface area contributed by atoms with Gasteiger partial charge in [-0.3, -0.25) is 0 Å². The van der Waals surface area contributed by atoms with Gasteiger partial charge in [0.25, 0.3) is 0 Å². The normalized spacial score (nSPS) is 12.0. The van der Waals surface area contributed by atoms with Gasteiger partial charge in [0, 0.05) is 0 Å². The summed E-state index contributed by atoms with van der Waals surface area (Å²) in [6.45, 7) is 0. The lowest BCUT2D eigenvalue weighted by Crippen LogP contribution is -1.93. The topological polar surface area (TPSA) is 0 Å². The second kappa shape index (κ2) is 15.2. The smallest absolute Gasteiger partial charge is 0.00261 e. The second-order valence-electron chi connectivity index (χ2n) is 19.0. The molecule has 0 aliphatic rings. The first-order chi connectivity index (χ1) is 34.8. The number of benzene rings is 15. The highest BCUT2D eigenvalue weighted by molar-refractivity contribution is 6.29. The van der Waals surface area contributed by atoms with Crippen molar-refractivity contribution < 1.29 is 0 Å². The van der Waals surface area contributed by atoms with Crippen molar-refractivity contribution in [1.29, 1.82) is 0 Å². The van der Waals surface area contributed by atoms with Crippen LogP contribution in [0, 0.1) is 0 Å². The number of fused-ring (bicyclic) bond motifs is 16. The van der Waals surface area contributed by atoms with Crippen LogP contribution in [0.4, 0.5) is 0 Å².